The molecular formula is C28H32N2O5. The Kier molecular flexibility index (Phi) is 6.75. The Morgan fingerprint density at radius 2 is 1.60 bits per heavy atom. The topological polar surface area (TPSA) is 95.9 Å². The Hall–Kier alpha value is -3.35. The fraction of sp³-hybridized carbons (Fsp3) is 0.464. The number of alkyl carbamates (subject to hydrolysis) is 1. The van der Waals surface area contributed by atoms with Crippen molar-refractivity contribution >= 4 is 18.0 Å². The van der Waals surface area contributed by atoms with E-state index in [-0.39, 0.29) is 37.3 Å². The maximum atomic E-state index is 13.4. The minimum atomic E-state index is -0.928. The van der Waals surface area contributed by atoms with Gasteiger partial charge >= 0.3 is 12.1 Å². The maximum absolute atomic E-state index is 13.4. The monoisotopic (exact) mass is 476 g/mol. The number of rotatable bonds is 10. The lowest BCUT2D eigenvalue weighted by Gasteiger charge is -2.36. The van der Waals surface area contributed by atoms with Crippen LogP contribution in [0, 0.1) is 11.8 Å². The summed E-state index contributed by atoms with van der Waals surface area (Å²) in [4.78, 5) is 39.1. The van der Waals surface area contributed by atoms with E-state index in [2.05, 4.69) is 29.6 Å². The summed E-state index contributed by atoms with van der Waals surface area (Å²) in [7, 11) is 0. The van der Waals surface area contributed by atoms with Gasteiger partial charge in [-0.3, -0.25) is 9.59 Å². The van der Waals surface area contributed by atoms with Crippen molar-refractivity contribution in [1.29, 1.82) is 0 Å². The Bertz CT molecular complexity index is 1060. The van der Waals surface area contributed by atoms with Crippen molar-refractivity contribution in [2.24, 2.45) is 11.8 Å². The lowest BCUT2D eigenvalue weighted by atomic mass is 9.79. The molecule has 3 aliphatic carbocycles. The van der Waals surface area contributed by atoms with E-state index < -0.39 is 18.1 Å². The summed E-state index contributed by atoms with van der Waals surface area (Å²) in [6.07, 6.45) is 4.20. The quantitative estimate of drug-likeness (QED) is 0.530. The molecule has 35 heavy (non-hydrogen) atoms. The molecule has 3 aliphatic rings. The lowest BCUT2D eigenvalue weighted by molar-refractivity contribution is -0.140. The highest BCUT2D eigenvalue weighted by Gasteiger charge is 2.38. The van der Waals surface area contributed by atoms with Crippen molar-refractivity contribution < 1.29 is 24.2 Å². The second-order valence-corrected chi connectivity index (χ2v) is 10.0. The number of aliphatic carboxylic acids is 1. The summed E-state index contributed by atoms with van der Waals surface area (Å²) in [6, 6.07) is 15.7. The van der Waals surface area contributed by atoms with Crippen molar-refractivity contribution in [3.63, 3.8) is 0 Å². The van der Waals surface area contributed by atoms with Crippen molar-refractivity contribution in [3.05, 3.63) is 59.7 Å². The molecule has 7 heteroatoms. The minimum absolute atomic E-state index is 0.0482. The second kappa shape index (κ2) is 10.1. The first-order valence-electron chi connectivity index (χ1n) is 12.6. The van der Waals surface area contributed by atoms with Crippen LogP contribution in [-0.2, 0) is 14.3 Å². The molecule has 7 nitrogen and oxygen atoms in total. The average Bonchev–Trinajstić information content (AvgIpc) is 3.59. The van der Waals surface area contributed by atoms with Crippen LogP contribution in [0.1, 0.15) is 55.6 Å². The minimum Gasteiger partial charge on any atom is -0.481 e. The highest BCUT2D eigenvalue weighted by molar-refractivity contribution is 5.86. The SMILES string of the molecule is O=C(O)CCN(CC1CC1)C(=O)C(NC(=O)OCC1c2ccccc2-c2ccccc21)C1CCC1. The van der Waals surface area contributed by atoms with E-state index in [1.165, 1.54) is 0 Å². The molecule has 2 aromatic rings. The van der Waals surface area contributed by atoms with Gasteiger partial charge in [0.2, 0.25) is 5.91 Å². The molecule has 2 aromatic carbocycles. The van der Waals surface area contributed by atoms with E-state index in [0.717, 1.165) is 54.4 Å². The predicted molar refractivity (Wildman–Crippen MR) is 131 cm³/mol. The normalized spacial score (nSPS) is 17.6. The molecule has 0 aliphatic heterocycles. The first kappa shape index (κ1) is 23.4. The van der Waals surface area contributed by atoms with Crippen LogP contribution in [0.2, 0.25) is 0 Å². The maximum Gasteiger partial charge on any atom is 0.407 e. The summed E-state index contributed by atoms with van der Waals surface area (Å²) in [5.41, 5.74) is 4.59. The zero-order valence-electron chi connectivity index (χ0n) is 19.8. The van der Waals surface area contributed by atoms with Crippen LogP contribution in [0.4, 0.5) is 4.79 Å². The third-order valence-corrected chi connectivity index (χ3v) is 7.59. The molecule has 0 spiro atoms. The molecule has 2 saturated carbocycles. The molecule has 5 rings (SSSR count). The van der Waals surface area contributed by atoms with Crippen LogP contribution < -0.4 is 5.32 Å². The van der Waals surface area contributed by atoms with Gasteiger partial charge in [-0.25, -0.2) is 4.79 Å². The highest BCUT2D eigenvalue weighted by atomic mass is 16.5. The third kappa shape index (κ3) is 5.19. The number of nitrogens with zero attached hydrogens (tertiary/aromatic N) is 1. The lowest BCUT2D eigenvalue weighted by Crippen LogP contribution is -2.54. The number of fused-ring (bicyclic) bond motifs is 3. The summed E-state index contributed by atoms with van der Waals surface area (Å²) in [5.74, 6) is -0.661. The summed E-state index contributed by atoms with van der Waals surface area (Å²) in [6.45, 7) is 0.915. The summed E-state index contributed by atoms with van der Waals surface area (Å²) < 4.78 is 5.70. The average molecular weight is 477 g/mol. The molecule has 2 fully saturated rings. The number of carboxylic acid groups (broad SMARTS) is 1. The van der Waals surface area contributed by atoms with Gasteiger partial charge < -0.3 is 20.1 Å². The molecular weight excluding hydrogens is 444 g/mol. The van der Waals surface area contributed by atoms with E-state index in [0.29, 0.717) is 12.5 Å². The first-order valence-corrected chi connectivity index (χ1v) is 12.6. The number of nitrogens with one attached hydrogen (secondary N) is 1. The van der Waals surface area contributed by atoms with Crippen LogP contribution >= 0.6 is 0 Å². The number of hydrogen-bond acceptors (Lipinski definition) is 4. The number of hydrogen-bond donors (Lipinski definition) is 2. The molecule has 0 aromatic heterocycles. The van der Waals surface area contributed by atoms with E-state index in [4.69, 9.17) is 9.84 Å². The van der Waals surface area contributed by atoms with Crippen LogP contribution in [0.3, 0.4) is 0 Å². The molecule has 2 amide bonds. The van der Waals surface area contributed by atoms with Crippen LogP contribution in [-0.4, -0.2) is 53.7 Å². The zero-order chi connectivity index (χ0) is 24.4. The van der Waals surface area contributed by atoms with Crippen LogP contribution in [0.25, 0.3) is 11.1 Å². The van der Waals surface area contributed by atoms with E-state index in [1.807, 2.05) is 24.3 Å². The largest absolute Gasteiger partial charge is 0.481 e. The van der Waals surface area contributed by atoms with Crippen molar-refractivity contribution in [3.8, 4) is 11.1 Å². The zero-order valence-corrected chi connectivity index (χ0v) is 19.8. The number of ether oxygens (including phenoxy) is 1. The second-order valence-electron chi connectivity index (χ2n) is 10.0. The van der Waals surface area contributed by atoms with Crippen molar-refractivity contribution in [2.75, 3.05) is 19.7 Å². The number of amides is 2. The van der Waals surface area contributed by atoms with Gasteiger partial charge in [-0.05, 0) is 59.8 Å². The molecule has 0 saturated heterocycles. The first-order chi connectivity index (χ1) is 17.0. The summed E-state index contributed by atoms with van der Waals surface area (Å²) in [5, 5.41) is 12.0. The van der Waals surface area contributed by atoms with Crippen LogP contribution in [0.15, 0.2) is 48.5 Å². The molecule has 1 atom stereocenters. The third-order valence-electron chi connectivity index (χ3n) is 7.59. The fourth-order valence-corrected chi connectivity index (χ4v) is 5.25. The van der Waals surface area contributed by atoms with Gasteiger partial charge in [0.15, 0.2) is 0 Å². The standard InChI is InChI=1S/C28H32N2O5/c31-25(32)14-15-30(16-18-12-13-18)27(33)26(19-6-5-7-19)29-28(34)35-17-24-22-10-3-1-8-20(22)21-9-2-4-11-23(21)24/h1-4,8-11,18-19,24,26H,5-7,12-17H2,(H,29,34)(H,31,32). The number of carbonyl (C=O) groups excluding carboxylic acids is 2. The predicted octanol–water partition coefficient (Wildman–Crippen LogP) is 4.41. The summed E-state index contributed by atoms with van der Waals surface area (Å²) >= 11 is 0. The molecule has 184 valence electrons. The molecule has 2 N–H and O–H groups in total. The van der Waals surface area contributed by atoms with Gasteiger partial charge in [0.05, 0.1) is 6.42 Å². The molecule has 0 radical (unpaired) electrons. The van der Waals surface area contributed by atoms with Crippen molar-refractivity contribution in [2.45, 2.75) is 50.5 Å². The van der Waals surface area contributed by atoms with Gasteiger partial charge in [0.25, 0.3) is 0 Å². The molecule has 0 heterocycles. The Morgan fingerprint density at radius 3 is 2.14 bits per heavy atom. The van der Waals surface area contributed by atoms with Gasteiger partial charge in [-0.1, -0.05) is 55.0 Å². The Labute approximate surface area is 205 Å². The highest BCUT2D eigenvalue weighted by Crippen LogP contribution is 2.44. The van der Waals surface area contributed by atoms with E-state index in [9.17, 15) is 14.4 Å². The Morgan fingerprint density at radius 1 is 0.971 bits per heavy atom. The Balaban J connectivity index is 1.25. The number of carbonyl (C=O) groups is 3. The van der Waals surface area contributed by atoms with Crippen molar-refractivity contribution in [1.82, 2.24) is 10.2 Å². The molecule has 1 unspecified atom stereocenters. The van der Waals surface area contributed by atoms with E-state index >= 15 is 0 Å². The fourth-order valence-electron chi connectivity index (χ4n) is 5.25. The van der Waals surface area contributed by atoms with Crippen LogP contribution in [0.5, 0.6) is 0 Å². The van der Waals surface area contributed by atoms with Gasteiger partial charge in [-0.15, -0.1) is 0 Å². The van der Waals surface area contributed by atoms with Gasteiger partial charge in [0.1, 0.15) is 12.6 Å². The smallest absolute Gasteiger partial charge is 0.407 e. The number of carboxylic acids is 1. The van der Waals surface area contributed by atoms with Gasteiger partial charge in [0, 0.05) is 19.0 Å². The number of benzene rings is 2. The molecule has 0 bridgehead atoms. The van der Waals surface area contributed by atoms with Gasteiger partial charge in [-0.2, -0.15) is 0 Å². The van der Waals surface area contributed by atoms with E-state index in [1.54, 1.807) is 4.90 Å².